The molecule has 0 unspecified atom stereocenters. The summed E-state index contributed by atoms with van der Waals surface area (Å²) < 4.78 is 0. The molecule has 1 N–H and O–H groups in total. The molecule has 0 spiro atoms. The average Bonchev–Trinajstić information content (AvgIpc) is 2.72. The van der Waals surface area contributed by atoms with Crippen molar-refractivity contribution in [2.45, 2.75) is 38.7 Å². The number of Topliss-reactive ketones (excluding diaryl/α,β-unsaturated/α-hetero) is 1. The number of piperidine rings is 1. The van der Waals surface area contributed by atoms with Crippen LogP contribution in [-0.4, -0.2) is 40.9 Å². The fourth-order valence-electron chi connectivity index (χ4n) is 3.83. The fraction of sp³-hybridized carbons (Fsp3) is 0.391. The summed E-state index contributed by atoms with van der Waals surface area (Å²) in [5.74, 6) is 0.0454. The van der Waals surface area contributed by atoms with Crippen LogP contribution in [0.25, 0.3) is 0 Å². The Morgan fingerprint density at radius 2 is 1.59 bits per heavy atom. The number of carbonyl (C=O) groups is 2. The molecule has 1 atom stereocenters. The van der Waals surface area contributed by atoms with E-state index in [0.717, 1.165) is 25.7 Å². The number of carbonyl (C=O) groups excluding carboxylic acids is 2. The minimum Gasteiger partial charge on any atom is -0.393 e. The number of aliphatic hydroxyl groups excluding tert-OH is 1. The molecule has 1 saturated heterocycles. The number of rotatable bonds is 6. The number of aliphatic hydroxyl groups is 1. The molecule has 4 nitrogen and oxygen atoms in total. The minimum absolute atomic E-state index is 0.0852. The van der Waals surface area contributed by atoms with Gasteiger partial charge in [-0.1, -0.05) is 48.5 Å². The van der Waals surface area contributed by atoms with E-state index in [2.05, 4.69) is 12.1 Å². The van der Waals surface area contributed by atoms with Gasteiger partial charge in [-0.2, -0.15) is 0 Å². The van der Waals surface area contributed by atoms with Crippen molar-refractivity contribution in [2.24, 2.45) is 5.92 Å². The number of benzene rings is 2. The molecule has 0 radical (unpaired) electrons. The lowest BCUT2D eigenvalue weighted by Gasteiger charge is -2.34. The van der Waals surface area contributed by atoms with Gasteiger partial charge < -0.3 is 10.0 Å². The van der Waals surface area contributed by atoms with Crippen LogP contribution < -0.4 is 0 Å². The smallest absolute Gasteiger partial charge is 0.254 e. The van der Waals surface area contributed by atoms with Gasteiger partial charge in [0, 0.05) is 18.7 Å². The molecule has 1 fully saturated rings. The summed E-state index contributed by atoms with van der Waals surface area (Å²) in [6.45, 7) is 2.73. The molecule has 1 aliphatic heterocycles. The van der Waals surface area contributed by atoms with Crippen LogP contribution in [0.5, 0.6) is 0 Å². The molecular formula is C23H27NO3. The first kappa shape index (κ1) is 19.3. The average molecular weight is 365 g/mol. The molecule has 27 heavy (non-hydrogen) atoms. The van der Waals surface area contributed by atoms with Crippen LogP contribution in [0, 0.1) is 5.92 Å². The van der Waals surface area contributed by atoms with E-state index < -0.39 is 0 Å². The van der Waals surface area contributed by atoms with Gasteiger partial charge in [-0.15, -0.1) is 0 Å². The Hall–Kier alpha value is -2.46. The van der Waals surface area contributed by atoms with Gasteiger partial charge in [0.1, 0.15) is 0 Å². The van der Waals surface area contributed by atoms with Crippen molar-refractivity contribution < 1.29 is 14.7 Å². The quantitative estimate of drug-likeness (QED) is 0.794. The van der Waals surface area contributed by atoms with Crippen LogP contribution >= 0.6 is 0 Å². The summed E-state index contributed by atoms with van der Waals surface area (Å²) in [5, 5.41) is 10.5. The third-order valence-electron chi connectivity index (χ3n) is 5.48. The molecule has 2 aromatic carbocycles. The van der Waals surface area contributed by atoms with Crippen molar-refractivity contribution in [3.63, 3.8) is 0 Å². The Morgan fingerprint density at radius 1 is 1.00 bits per heavy atom. The van der Waals surface area contributed by atoms with Gasteiger partial charge in [-0.05, 0) is 50.2 Å². The van der Waals surface area contributed by atoms with Crippen LogP contribution in [0.2, 0.25) is 0 Å². The maximum Gasteiger partial charge on any atom is 0.254 e. The zero-order chi connectivity index (χ0) is 19.2. The van der Waals surface area contributed by atoms with E-state index in [1.807, 2.05) is 23.1 Å². The SMILES string of the molecule is CC(=O)c1ccccc1C(=O)N1CCC([C@@H](O)CCc2ccccc2)CC1. The fourth-order valence-corrected chi connectivity index (χ4v) is 3.83. The molecule has 0 saturated carbocycles. The predicted octanol–water partition coefficient (Wildman–Crippen LogP) is 3.74. The second kappa shape index (κ2) is 8.96. The number of likely N-dealkylation sites (tertiary alicyclic amines) is 1. The first-order chi connectivity index (χ1) is 13.1. The zero-order valence-electron chi connectivity index (χ0n) is 15.8. The maximum absolute atomic E-state index is 12.8. The lowest BCUT2D eigenvalue weighted by molar-refractivity contribution is 0.0436. The number of nitrogens with zero attached hydrogens (tertiary/aromatic N) is 1. The molecule has 3 rings (SSSR count). The Morgan fingerprint density at radius 3 is 2.22 bits per heavy atom. The molecule has 1 amide bonds. The van der Waals surface area contributed by atoms with Gasteiger partial charge in [0.05, 0.1) is 11.7 Å². The molecule has 1 aliphatic rings. The second-order valence-electron chi connectivity index (χ2n) is 7.32. The summed E-state index contributed by atoms with van der Waals surface area (Å²) in [5.41, 5.74) is 2.20. The van der Waals surface area contributed by atoms with Crippen LogP contribution in [0.3, 0.4) is 0 Å². The number of amides is 1. The van der Waals surface area contributed by atoms with Crippen LogP contribution in [0.4, 0.5) is 0 Å². The summed E-state index contributed by atoms with van der Waals surface area (Å²) in [6.07, 6.45) is 2.86. The van der Waals surface area contributed by atoms with E-state index in [-0.39, 0.29) is 23.7 Å². The Balaban J connectivity index is 1.54. The van der Waals surface area contributed by atoms with Crippen LogP contribution in [0.15, 0.2) is 54.6 Å². The molecule has 0 aliphatic carbocycles. The van der Waals surface area contributed by atoms with Crippen molar-refractivity contribution >= 4 is 11.7 Å². The van der Waals surface area contributed by atoms with E-state index in [0.29, 0.717) is 24.2 Å². The molecule has 142 valence electrons. The van der Waals surface area contributed by atoms with Gasteiger partial charge in [0.25, 0.3) is 5.91 Å². The Kier molecular flexibility index (Phi) is 6.40. The van der Waals surface area contributed by atoms with Gasteiger partial charge in [0.15, 0.2) is 5.78 Å². The first-order valence-corrected chi connectivity index (χ1v) is 9.67. The number of aryl methyl sites for hydroxylation is 1. The largest absolute Gasteiger partial charge is 0.393 e. The predicted molar refractivity (Wildman–Crippen MR) is 106 cm³/mol. The molecule has 1 heterocycles. The first-order valence-electron chi connectivity index (χ1n) is 9.67. The summed E-state index contributed by atoms with van der Waals surface area (Å²) in [4.78, 5) is 26.4. The molecule has 0 aromatic heterocycles. The van der Waals surface area contributed by atoms with E-state index >= 15 is 0 Å². The lowest BCUT2D eigenvalue weighted by Crippen LogP contribution is -2.41. The number of hydrogen-bond acceptors (Lipinski definition) is 3. The van der Waals surface area contributed by atoms with Gasteiger partial charge >= 0.3 is 0 Å². The highest BCUT2D eigenvalue weighted by Crippen LogP contribution is 2.25. The molecule has 4 heteroatoms. The van der Waals surface area contributed by atoms with E-state index in [4.69, 9.17) is 0 Å². The summed E-state index contributed by atoms with van der Waals surface area (Å²) in [6, 6.07) is 17.2. The van der Waals surface area contributed by atoms with Crippen molar-refractivity contribution in [1.82, 2.24) is 4.90 Å². The third-order valence-corrected chi connectivity index (χ3v) is 5.48. The standard InChI is InChI=1S/C23H27NO3/c1-17(25)20-9-5-6-10-21(20)23(27)24-15-13-19(14-16-24)22(26)12-11-18-7-3-2-4-8-18/h2-10,19,22,26H,11-16H2,1H3/t22-/m0/s1. The minimum atomic E-state index is -0.341. The van der Waals surface area contributed by atoms with Crippen LogP contribution in [0.1, 0.15) is 52.5 Å². The maximum atomic E-state index is 12.8. The van der Waals surface area contributed by atoms with Crippen molar-refractivity contribution in [3.8, 4) is 0 Å². The van der Waals surface area contributed by atoms with Crippen LogP contribution in [-0.2, 0) is 6.42 Å². The normalized spacial score (nSPS) is 16.1. The van der Waals surface area contributed by atoms with Crippen molar-refractivity contribution in [1.29, 1.82) is 0 Å². The van der Waals surface area contributed by atoms with Crippen molar-refractivity contribution in [2.75, 3.05) is 13.1 Å². The van der Waals surface area contributed by atoms with Gasteiger partial charge in [-0.25, -0.2) is 0 Å². The van der Waals surface area contributed by atoms with Crippen molar-refractivity contribution in [3.05, 3.63) is 71.3 Å². The van der Waals surface area contributed by atoms with Gasteiger partial charge in [-0.3, -0.25) is 9.59 Å². The number of ketones is 1. The highest BCUT2D eigenvalue weighted by atomic mass is 16.3. The lowest BCUT2D eigenvalue weighted by atomic mass is 9.88. The van der Waals surface area contributed by atoms with E-state index in [9.17, 15) is 14.7 Å². The second-order valence-corrected chi connectivity index (χ2v) is 7.32. The highest BCUT2D eigenvalue weighted by Gasteiger charge is 2.28. The molecular weight excluding hydrogens is 338 g/mol. The molecule has 0 bridgehead atoms. The molecule has 2 aromatic rings. The third kappa shape index (κ3) is 4.83. The Labute approximate surface area is 160 Å². The highest BCUT2D eigenvalue weighted by molar-refractivity contribution is 6.07. The van der Waals surface area contributed by atoms with E-state index in [1.54, 1.807) is 24.3 Å². The summed E-state index contributed by atoms with van der Waals surface area (Å²) >= 11 is 0. The number of hydrogen-bond donors (Lipinski definition) is 1. The van der Waals surface area contributed by atoms with E-state index in [1.165, 1.54) is 12.5 Å². The monoisotopic (exact) mass is 365 g/mol. The topological polar surface area (TPSA) is 57.6 Å². The summed E-state index contributed by atoms with van der Waals surface area (Å²) in [7, 11) is 0. The Bertz CT molecular complexity index is 779. The zero-order valence-corrected chi connectivity index (χ0v) is 15.8. The van der Waals surface area contributed by atoms with Gasteiger partial charge in [0.2, 0.25) is 0 Å².